The number of nitrogens with zero attached hydrogens (tertiary/aromatic N) is 1. The first-order valence-corrected chi connectivity index (χ1v) is 9.70. The summed E-state index contributed by atoms with van der Waals surface area (Å²) in [6.45, 7) is 0. The molecule has 1 aromatic heterocycles. The molecule has 2 amide bonds. The SMILES string of the molecule is O=C(C=Cc1ccc(Cl)cc1)Nc1cccc(NC(=O)C=Cc2ccc(Cl)cc2)n1. The Balaban J connectivity index is 1.57. The first-order valence-electron chi connectivity index (χ1n) is 8.94. The minimum absolute atomic E-state index is 0.320. The maximum absolute atomic E-state index is 12.1. The van der Waals surface area contributed by atoms with Crippen LogP contribution in [0.2, 0.25) is 10.0 Å². The monoisotopic (exact) mass is 437 g/mol. The highest BCUT2D eigenvalue weighted by Crippen LogP contribution is 2.13. The van der Waals surface area contributed by atoms with Crippen LogP contribution >= 0.6 is 23.2 Å². The smallest absolute Gasteiger partial charge is 0.249 e. The lowest BCUT2D eigenvalue weighted by molar-refractivity contribution is -0.112. The van der Waals surface area contributed by atoms with Crippen LogP contribution in [0, 0.1) is 0 Å². The Morgan fingerprint density at radius 3 is 1.47 bits per heavy atom. The third-order valence-electron chi connectivity index (χ3n) is 3.85. The van der Waals surface area contributed by atoms with Gasteiger partial charge in [0, 0.05) is 22.2 Å². The molecule has 5 nitrogen and oxygen atoms in total. The fraction of sp³-hybridized carbons (Fsp3) is 0. The van der Waals surface area contributed by atoms with Crippen molar-refractivity contribution in [1.29, 1.82) is 0 Å². The van der Waals surface area contributed by atoms with Crippen molar-refractivity contribution in [2.45, 2.75) is 0 Å². The molecule has 0 saturated carbocycles. The van der Waals surface area contributed by atoms with Gasteiger partial charge >= 0.3 is 0 Å². The number of hydrogen-bond acceptors (Lipinski definition) is 3. The van der Waals surface area contributed by atoms with Crippen LogP contribution in [0.1, 0.15) is 11.1 Å². The number of aromatic nitrogens is 1. The zero-order valence-electron chi connectivity index (χ0n) is 15.7. The lowest BCUT2D eigenvalue weighted by Gasteiger charge is -2.05. The summed E-state index contributed by atoms with van der Waals surface area (Å²) in [5, 5.41) is 6.57. The molecule has 3 aromatic rings. The number of rotatable bonds is 6. The molecule has 0 bridgehead atoms. The highest BCUT2D eigenvalue weighted by atomic mass is 35.5. The zero-order valence-corrected chi connectivity index (χ0v) is 17.2. The topological polar surface area (TPSA) is 71.1 Å². The summed E-state index contributed by atoms with van der Waals surface area (Å²) in [4.78, 5) is 28.4. The summed E-state index contributed by atoms with van der Waals surface area (Å²) in [5.41, 5.74) is 1.69. The Hall–Kier alpha value is -3.41. The first kappa shape index (κ1) is 21.3. The van der Waals surface area contributed by atoms with Gasteiger partial charge < -0.3 is 10.6 Å². The molecule has 2 aromatic carbocycles. The molecule has 0 radical (unpaired) electrons. The molecule has 0 aliphatic heterocycles. The molecule has 0 saturated heterocycles. The standard InChI is InChI=1S/C23H17Cl2N3O2/c24-18-10-4-16(5-11-18)8-14-22(29)27-20-2-1-3-21(26-20)28-23(30)15-9-17-6-12-19(25)13-7-17/h1-15H,(H2,26,27,28,29,30). The third kappa shape index (κ3) is 6.88. The lowest BCUT2D eigenvalue weighted by atomic mass is 10.2. The molecule has 0 spiro atoms. The number of pyridine rings is 1. The normalized spacial score (nSPS) is 11.0. The fourth-order valence-electron chi connectivity index (χ4n) is 2.40. The van der Waals surface area contributed by atoms with Crippen LogP contribution in [0.15, 0.2) is 78.9 Å². The van der Waals surface area contributed by atoms with E-state index in [9.17, 15) is 9.59 Å². The Morgan fingerprint density at radius 2 is 1.07 bits per heavy atom. The van der Waals surface area contributed by atoms with Crippen molar-refractivity contribution >= 4 is 58.8 Å². The highest BCUT2D eigenvalue weighted by molar-refractivity contribution is 6.30. The zero-order chi connectivity index (χ0) is 21.3. The number of halogens is 2. The van der Waals surface area contributed by atoms with Gasteiger partial charge in [-0.3, -0.25) is 9.59 Å². The van der Waals surface area contributed by atoms with Gasteiger partial charge in [-0.1, -0.05) is 53.5 Å². The van der Waals surface area contributed by atoms with Crippen LogP contribution in [0.25, 0.3) is 12.2 Å². The second-order valence-corrected chi connectivity index (χ2v) is 7.03. The van der Waals surface area contributed by atoms with Crippen LogP contribution in [-0.4, -0.2) is 16.8 Å². The number of benzene rings is 2. The first-order chi connectivity index (χ1) is 14.5. The van der Waals surface area contributed by atoms with Gasteiger partial charge in [-0.05, 0) is 59.7 Å². The summed E-state index contributed by atoms with van der Waals surface area (Å²) >= 11 is 11.7. The van der Waals surface area contributed by atoms with E-state index in [1.807, 2.05) is 0 Å². The summed E-state index contributed by atoms with van der Waals surface area (Å²) in [6, 6.07) is 19.1. The minimum atomic E-state index is -0.344. The molecule has 0 atom stereocenters. The predicted octanol–water partition coefficient (Wildman–Crippen LogP) is 5.69. The molecule has 0 aliphatic carbocycles. The van der Waals surface area contributed by atoms with Crippen molar-refractivity contribution in [3.05, 3.63) is 100 Å². The average molecular weight is 438 g/mol. The molecule has 3 rings (SSSR count). The predicted molar refractivity (Wildman–Crippen MR) is 122 cm³/mol. The van der Waals surface area contributed by atoms with E-state index >= 15 is 0 Å². The van der Waals surface area contributed by atoms with Gasteiger partial charge in [0.2, 0.25) is 11.8 Å². The van der Waals surface area contributed by atoms with E-state index in [4.69, 9.17) is 23.2 Å². The van der Waals surface area contributed by atoms with Crippen molar-refractivity contribution in [2.24, 2.45) is 0 Å². The van der Waals surface area contributed by atoms with Crippen molar-refractivity contribution < 1.29 is 9.59 Å². The Morgan fingerprint density at radius 1 is 0.667 bits per heavy atom. The van der Waals surface area contributed by atoms with Crippen molar-refractivity contribution in [1.82, 2.24) is 4.98 Å². The molecule has 0 fully saturated rings. The number of carbonyl (C=O) groups excluding carboxylic acids is 2. The number of anilines is 2. The van der Waals surface area contributed by atoms with E-state index in [1.54, 1.807) is 78.9 Å². The highest BCUT2D eigenvalue weighted by Gasteiger charge is 2.03. The second kappa shape index (κ2) is 10.4. The minimum Gasteiger partial charge on any atom is -0.307 e. The second-order valence-electron chi connectivity index (χ2n) is 6.16. The molecular weight excluding hydrogens is 421 g/mol. The van der Waals surface area contributed by atoms with Crippen molar-refractivity contribution in [2.75, 3.05) is 10.6 Å². The summed E-state index contributed by atoms with van der Waals surface area (Å²) in [7, 11) is 0. The van der Waals surface area contributed by atoms with Gasteiger partial charge in [-0.25, -0.2) is 4.98 Å². The third-order valence-corrected chi connectivity index (χ3v) is 4.35. The molecule has 30 heavy (non-hydrogen) atoms. The molecule has 0 aliphatic rings. The Bertz CT molecular complexity index is 1010. The van der Waals surface area contributed by atoms with Crippen LogP contribution in [0.3, 0.4) is 0 Å². The van der Waals surface area contributed by atoms with Crippen molar-refractivity contribution in [3.63, 3.8) is 0 Å². The van der Waals surface area contributed by atoms with E-state index in [1.165, 1.54) is 12.2 Å². The van der Waals surface area contributed by atoms with Crippen LogP contribution < -0.4 is 10.6 Å². The maximum atomic E-state index is 12.1. The summed E-state index contributed by atoms with van der Waals surface area (Å²) < 4.78 is 0. The van der Waals surface area contributed by atoms with E-state index in [0.29, 0.717) is 21.7 Å². The van der Waals surface area contributed by atoms with Gasteiger partial charge in [0.15, 0.2) is 0 Å². The van der Waals surface area contributed by atoms with E-state index in [-0.39, 0.29) is 11.8 Å². The summed E-state index contributed by atoms with van der Waals surface area (Å²) in [5.74, 6) is -0.0485. The molecule has 2 N–H and O–H groups in total. The van der Waals surface area contributed by atoms with Gasteiger partial charge in [0.05, 0.1) is 0 Å². The Labute approximate surface area is 184 Å². The number of carbonyl (C=O) groups is 2. The van der Waals surface area contributed by atoms with Gasteiger partial charge in [-0.2, -0.15) is 0 Å². The van der Waals surface area contributed by atoms with E-state index in [2.05, 4.69) is 15.6 Å². The van der Waals surface area contributed by atoms with Gasteiger partial charge in [0.25, 0.3) is 0 Å². The molecule has 1 heterocycles. The number of nitrogens with one attached hydrogen (secondary N) is 2. The van der Waals surface area contributed by atoms with Crippen LogP contribution in [0.4, 0.5) is 11.6 Å². The lowest BCUT2D eigenvalue weighted by Crippen LogP contribution is -2.12. The molecule has 150 valence electrons. The number of amides is 2. The largest absolute Gasteiger partial charge is 0.307 e. The summed E-state index contributed by atoms with van der Waals surface area (Å²) in [6.07, 6.45) is 6.12. The molecular formula is C23H17Cl2N3O2. The molecule has 7 heteroatoms. The molecule has 0 unspecified atom stereocenters. The maximum Gasteiger partial charge on any atom is 0.249 e. The number of hydrogen-bond donors (Lipinski definition) is 2. The van der Waals surface area contributed by atoms with Crippen LogP contribution in [0.5, 0.6) is 0 Å². The average Bonchev–Trinajstić information content (AvgIpc) is 2.73. The van der Waals surface area contributed by atoms with Crippen LogP contribution in [-0.2, 0) is 9.59 Å². The van der Waals surface area contributed by atoms with Gasteiger partial charge in [0.1, 0.15) is 11.6 Å². The Kier molecular flexibility index (Phi) is 7.38. The van der Waals surface area contributed by atoms with E-state index in [0.717, 1.165) is 11.1 Å². The fourth-order valence-corrected chi connectivity index (χ4v) is 2.65. The van der Waals surface area contributed by atoms with Gasteiger partial charge in [-0.15, -0.1) is 0 Å². The van der Waals surface area contributed by atoms with Crippen molar-refractivity contribution in [3.8, 4) is 0 Å². The quantitative estimate of drug-likeness (QED) is 0.486. The van der Waals surface area contributed by atoms with E-state index < -0.39 is 0 Å².